The van der Waals surface area contributed by atoms with Crippen LogP contribution in [0.4, 0.5) is 0 Å². The Hall–Kier alpha value is -1.24. The molecule has 0 aliphatic carbocycles. The lowest BCUT2D eigenvalue weighted by Crippen LogP contribution is -1.81. The van der Waals surface area contributed by atoms with Crippen molar-refractivity contribution in [3.63, 3.8) is 0 Å². The third-order valence-electron chi connectivity index (χ3n) is 2.96. The first kappa shape index (κ1) is 23.8. The minimum atomic E-state index is 0.250. The summed E-state index contributed by atoms with van der Waals surface area (Å²) in [6, 6.07) is 0. The highest BCUT2D eigenvalue weighted by Gasteiger charge is 1.91. The summed E-state index contributed by atoms with van der Waals surface area (Å²) in [6.45, 7) is 4.57. The summed E-state index contributed by atoms with van der Waals surface area (Å²) < 4.78 is 0. The largest absolute Gasteiger partial charge is 0.373 e. The Morgan fingerprint density at radius 3 is 0.750 bits per heavy atom. The second-order valence-corrected chi connectivity index (χ2v) is 4.70. The number of unbranched alkanes of at least 4 members (excludes halogenated alkanes) is 11. The quantitative estimate of drug-likeness (QED) is 0.523. The summed E-state index contributed by atoms with van der Waals surface area (Å²) in [5.41, 5.74) is 0. The summed E-state index contributed by atoms with van der Waals surface area (Å²) in [4.78, 5) is 32.5. The average molecular weight is 286 g/mol. The van der Waals surface area contributed by atoms with Gasteiger partial charge in [0, 0.05) is 0 Å². The Bertz CT molecular complexity index is 191. The molecule has 4 heteroatoms. The zero-order chi connectivity index (χ0) is 15.9. The maximum atomic E-state index is 8.12. The van der Waals surface area contributed by atoms with Gasteiger partial charge in [0.15, 0.2) is 0 Å². The highest BCUT2D eigenvalue weighted by molar-refractivity contribution is 5.20. The Morgan fingerprint density at radius 2 is 0.600 bits per heavy atom. The highest BCUT2D eigenvalue weighted by atomic mass is 16.2. The second-order valence-electron chi connectivity index (χ2n) is 4.70. The van der Waals surface area contributed by atoms with Crippen LogP contribution in [-0.4, -0.2) is 12.3 Å². The lowest BCUT2D eigenvalue weighted by Gasteiger charge is -2.01. The van der Waals surface area contributed by atoms with Gasteiger partial charge in [-0.3, -0.25) is 0 Å². The SMILES string of the molecule is CCCCCCCCCCCCCC.O=C=O.O=C=O. The smallest absolute Gasteiger partial charge is 0.186 e. The Morgan fingerprint density at radius 1 is 0.450 bits per heavy atom. The molecule has 20 heavy (non-hydrogen) atoms. The molecule has 0 unspecified atom stereocenters. The molecule has 0 aliphatic heterocycles. The molecule has 0 spiro atoms. The van der Waals surface area contributed by atoms with Gasteiger partial charge >= 0.3 is 12.3 Å². The van der Waals surface area contributed by atoms with E-state index in [1.165, 1.54) is 77.0 Å². The summed E-state index contributed by atoms with van der Waals surface area (Å²) in [5, 5.41) is 0. The van der Waals surface area contributed by atoms with E-state index in [0.717, 1.165) is 0 Å². The molecule has 0 bridgehead atoms. The fourth-order valence-electron chi connectivity index (χ4n) is 1.91. The first-order valence-corrected chi connectivity index (χ1v) is 7.73. The monoisotopic (exact) mass is 286 g/mol. The standard InChI is InChI=1S/C14H30.2CO2/c1-3-5-7-9-11-13-14-12-10-8-6-4-2;2*2-1-3/h3-14H2,1-2H3;;. The van der Waals surface area contributed by atoms with Crippen molar-refractivity contribution in [2.45, 2.75) is 90.9 Å². The van der Waals surface area contributed by atoms with E-state index in [-0.39, 0.29) is 12.3 Å². The van der Waals surface area contributed by atoms with Crippen LogP contribution in [0.3, 0.4) is 0 Å². The molecule has 0 atom stereocenters. The molecule has 0 radical (unpaired) electrons. The molecule has 0 aliphatic rings. The molecule has 0 aromatic carbocycles. The molecular formula is C16H30O4. The van der Waals surface area contributed by atoms with Gasteiger partial charge in [-0.2, -0.15) is 19.2 Å². The van der Waals surface area contributed by atoms with E-state index in [4.69, 9.17) is 19.2 Å². The molecule has 0 rings (SSSR count). The minimum absolute atomic E-state index is 0.250. The molecule has 0 aromatic rings. The van der Waals surface area contributed by atoms with Gasteiger partial charge in [0.25, 0.3) is 0 Å². The van der Waals surface area contributed by atoms with Crippen LogP contribution in [0.5, 0.6) is 0 Å². The third kappa shape index (κ3) is 43.7. The van der Waals surface area contributed by atoms with Gasteiger partial charge in [0.05, 0.1) is 0 Å². The van der Waals surface area contributed by atoms with Crippen LogP contribution >= 0.6 is 0 Å². The van der Waals surface area contributed by atoms with Crippen molar-refractivity contribution >= 4 is 12.3 Å². The predicted molar refractivity (Wildman–Crippen MR) is 76.8 cm³/mol. The first-order valence-electron chi connectivity index (χ1n) is 7.73. The molecule has 0 heterocycles. The van der Waals surface area contributed by atoms with E-state index in [0.29, 0.717) is 0 Å². The number of hydrogen-bond acceptors (Lipinski definition) is 4. The van der Waals surface area contributed by atoms with Crippen LogP contribution < -0.4 is 0 Å². The fourth-order valence-corrected chi connectivity index (χ4v) is 1.91. The molecule has 4 nitrogen and oxygen atoms in total. The highest BCUT2D eigenvalue weighted by Crippen LogP contribution is 2.11. The molecule has 0 fully saturated rings. The van der Waals surface area contributed by atoms with E-state index < -0.39 is 0 Å². The van der Waals surface area contributed by atoms with E-state index in [9.17, 15) is 0 Å². The average Bonchev–Trinajstić information content (AvgIpc) is 2.43. The third-order valence-corrected chi connectivity index (χ3v) is 2.96. The van der Waals surface area contributed by atoms with Crippen molar-refractivity contribution in [3.05, 3.63) is 0 Å². The Kier molecular flexibility index (Phi) is 36.5. The lowest BCUT2D eigenvalue weighted by molar-refractivity contribution is -0.193. The summed E-state index contributed by atoms with van der Waals surface area (Å²) in [6.07, 6.45) is 17.9. The maximum absolute atomic E-state index is 8.12. The molecule has 0 aromatic heterocycles. The minimum Gasteiger partial charge on any atom is -0.186 e. The van der Waals surface area contributed by atoms with Crippen LogP contribution in [0.2, 0.25) is 0 Å². The molecular weight excluding hydrogens is 256 g/mol. The van der Waals surface area contributed by atoms with Crippen LogP contribution in [0.15, 0.2) is 0 Å². The van der Waals surface area contributed by atoms with E-state index in [1.54, 1.807) is 0 Å². The summed E-state index contributed by atoms with van der Waals surface area (Å²) in [5.74, 6) is 0. The topological polar surface area (TPSA) is 68.3 Å². The van der Waals surface area contributed by atoms with Crippen molar-refractivity contribution in [1.82, 2.24) is 0 Å². The van der Waals surface area contributed by atoms with Crippen LogP contribution in [0, 0.1) is 0 Å². The summed E-state index contributed by atoms with van der Waals surface area (Å²) in [7, 11) is 0. The maximum Gasteiger partial charge on any atom is 0.373 e. The number of rotatable bonds is 11. The van der Waals surface area contributed by atoms with Gasteiger partial charge in [-0.25, -0.2) is 0 Å². The molecule has 0 saturated heterocycles. The van der Waals surface area contributed by atoms with Gasteiger partial charge in [-0.1, -0.05) is 90.9 Å². The van der Waals surface area contributed by atoms with Gasteiger partial charge in [-0.15, -0.1) is 0 Å². The predicted octanol–water partition coefficient (Wildman–Crippen LogP) is 4.54. The van der Waals surface area contributed by atoms with Crippen LogP contribution in [0.25, 0.3) is 0 Å². The molecule has 118 valence electrons. The van der Waals surface area contributed by atoms with Crippen molar-refractivity contribution in [1.29, 1.82) is 0 Å². The first-order chi connectivity index (χ1) is 9.74. The van der Waals surface area contributed by atoms with Crippen molar-refractivity contribution in [3.8, 4) is 0 Å². The van der Waals surface area contributed by atoms with Gasteiger partial charge in [0.1, 0.15) is 0 Å². The normalized spacial score (nSPS) is 8.30. The van der Waals surface area contributed by atoms with Gasteiger partial charge in [0.2, 0.25) is 0 Å². The van der Waals surface area contributed by atoms with Gasteiger partial charge in [-0.05, 0) is 0 Å². The van der Waals surface area contributed by atoms with Crippen LogP contribution in [-0.2, 0) is 19.2 Å². The van der Waals surface area contributed by atoms with Crippen molar-refractivity contribution in [2.24, 2.45) is 0 Å². The zero-order valence-electron chi connectivity index (χ0n) is 13.1. The lowest BCUT2D eigenvalue weighted by atomic mass is 10.1. The second kappa shape index (κ2) is 30.6. The van der Waals surface area contributed by atoms with E-state index in [2.05, 4.69) is 13.8 Å². The molecule has 0 saturated carbocycles. The Labute approximate surface area is 123 Å². The zero-order valence-corrected chi connectivity index (χ0v) is 13.1. The van der Waals surface area contributed by atoms with Crippen molar-refractivity contribution < 1.29 is 19.2 Å². The van der Waals surface area contributed by atoms with Crippen LogP contribution in [0.1, 0.15) is 90.9 Å². The van der Waals surface area contributed by atoms with Crippen molar-refractivity contribution in [2.75, 3.05) is 0 Å². The Balaban J connectivity index is -0.000000408. The summed E-state index contributed by atoms with van der Waals surface area (Å²) >= 11 is 0. The van der Waals surface area contributed by atoms with Gasteiger partial charge < -0.3 is 0 Å². The molecule has 0 amide bonds. The van der Waals surface area contributed by atoms with E-state index >= 15 is 0 Å². The fraction of sp³-hybridized carbons (Fsp3) is 0.875. The number of carbonyl (C=O) groups excluding carboxylic acids is 4. The van der Waals surface area contributed by atoms with E-state index in [1.807, 2.05) is 0 Å². The molecule has 0 N–H and O–H groups in total. The number of hydrogen-bond donors (Lipinski definition) is 0.